The zero-order valence-electron chi connectivity index (χ0n) is 9.36. The number of aryl methyl sites for hydroxylation is 1. The minimum absolute atomic E-state index is 0.195. The summed E-state index contributed by atoms with van der Waals surface area (Å²) < 4.78 is 0. The fourth-order valence-corrected chi connectivity index (χ4v) is 2.43. The summed E-state index contributed by atoms with van der Waals surface area (Å²) in [4.78, 5) is 1.27. The van der Waals surface area contributed by atoms with Crippen molar-refractivity contribution in [2.75, 3.05) is 18.9 Å². The van der Waals surface area contributed by atoms with E-state index in [-0.39, 0.29) is 12.6 Å². The molecule has 0 radical (unpaired) electrons. The van der Waals surface area contributed by atoms with Gasteiger partial charge in [-0.15, -0.1) is 11.8 Å². The molecule has 84 valence electrons. The number of thioether (sulfide) groups is 1. The van der Waals surface area contributed by atoms with Crippen LogP contribution in [0.5, 0.6) is 0 Å². The first-order valence-corrected chi connectivity index (χ1v) is 6.28. The van der Waals surface area contributed by atoms with Gasteiger partial charge in [0, 0.05) is 16.7 Å². The first-order valence-electron chi connectivity index (χ1n) is 5.30. The van der Waals surface area contributed by atoms with Crippen LogP contribution in [-0.4, -0.2) is 30.1 Å². The zero-order chi connectivity index (χ0) is 11.1. The van der Waals surface area contributed by atoms with Gasteiger partial charge in [-0.1, -0.05) is 24.6 Å². The van der Waals surface area contributed by atoms with Crippen LogP contribution in [0.25, 0.3) is 0 Å². The van der Waals surface area contributed by atoms with Crippen molar-refractivity contribution in [3.63, 3.8) is 0 Å². The molecule has 0 aliphatic carbocycles. The molecule has 0 fully saturated rings. The minimum Gasteiger partial charge on any atom is -0.395 e. The van der Waals surface area contributed by atoms with E-state index < -0.39 is 0 Å². The number of aliphatic hydroxyl groups excluding tert-OH is 1. The summed E-state index contributed by atoms with van der Waals surface area (Å²) in [5.41, 5.74) is 1.28. The normalized spacial score (nSPS) is 12.7. The Balaban J connectivity index is 2.41. The molecular formula is C12H19NOS. The van der Waals surface area contributed by atoms with Crippen LogP contribution < -0.4 is 5.32 Å². The lowest BCUT2D eigenvalue weighted by Gasteiger charge is -2.14. The molecule has 0 bridgehead atoms. The third-order valence-corrected chi connectivity index (χ3v) is 3.31. The molecule has 1 atom stereocenters. The van der Waals surface area contributed by atoms with Crippen LogP contribution in [0.4, 0.5) is 0 Å². The van der Waals surface area contributed by atoms with Gasteiger partial charge in [-0.3, -0.25) is 0 Å². The van der Waals surface area contributed by atoms with Gasteiger partial charge < -0.3 is 10.4 Å². The maximum absolute atomic E-state index is 9.11. The Morgan fingerprint density at radius 2 is 2.27 bits per heavy atom. The summed E-state index contributed by atoms with van der Waals surface area (Å²) in [5.74, 6) is 0.911. The Bertz CT molecular complexity index is 291. The van der Waals surface area contributed by atoms with Crippen molar-refractivity contribution in [1.82, 2.24) is 5.32 Å². The Labute approximate surface area is 96.1 Å². The standard InChI is InChI=1S/C12H19NOS/c1-3-13-11(8-14)9-15-12-6-4-5-10(2)7-12/h4-7,11,13-14H,3,8-9H2,1-2H3. The minimum atomic E-state index is 0.195. The van der Waals surface area contributed by atoms with E-state index in [1.54, 1.807) is 11.8 Å². The van der Waals surface area contributed by atoms with Crippen molar-refractivity contribution in [3.8, 4) is 0 Å². The number of rotatable bonds is 6. The van der Waals surface area contributed by atoms with Crippen LogP contribution in [0.3, 0.4) is 0 Å². The Kier molecular flexibility index (Phi) is 5.76. The first kappa shape index (κ1) is 12.6. The molecule has 0 saturated carbocycles. The molecule has 3 heteroatoms. The molecule has 0 heterocycles. The van der Waals surface area contributed by atoms with Crippen LogP contribution in [0.15, 0.2) is 29.2 Å². The topological polar surface area (TPSA) is 32.3 Å². The number of likely N-dealkylation sites (N-methyl/N-ethyl adjacent to an activating group) is 1. The predicted octanol–water partition coefficient (Wildman–Crippen LogP) is 2.06. The van der Waals surface area contributed by atoms with Crippen molar-refractivity contribution in [3.05, 3.63) is 29.8 Å². The van der Waals surface area contributed by atoms with Gasteiger partial charge in [0.25, 0.3) is 0 Å². The average molecular weight is 225 g/mol. The third-order valence-electron chi connectivity index (χ3n) is 2.15. The fourth-order valence-electron chi connectivity index (χ4n) is 1.37. The van der Waals surface area contributed by atoms with Gasteiger partial charge in [-0.25, -0.2) is 0 Å². The molecule has 0 aliphatic rings. The van der Waals surface area contributed by atoms with Gasteiger partial charge >= 0.3 is 0 Å². The molecule has 1 unspecified atom stereocenters. The molecule has 1 aromatic rings. The summed E-state index contributed by atoms with van der Waals surface area (Å²) in [6, 6.07) is 8.64. The van der Waals surface area contributed by atoms with Crippen LogP contribution in [-0.2, 0) is 0 Å². The maximum Gasteiger partial charge on any atom is 0.0592 e. The molecular weight excluding hydrogens is 206 g/mol. The van der Waals surface area contributed by atoms with E-state index in [4.69, 9.17) is 5.11 Å². The van der Waals surface area contributed by atoms with E-state index in [1.807, 2.05) is 0 Å². The van der Waals surface area contributed by atoms with Crippen LogP contribution in [0, 0.1) is 6.92 Å². The quantitative estimate of drug-likeness (QED) is 0.727. The molecule has 0 saturated heterocycles. The maximum atomic E-state index is 9.11. The summed E-state index contributed by atoms with van der Waals surface area (Å²) in [5, 5.41) is 12.4. The lowest BCUT2D eigenvalue weighted by molar-refractivity contribution is 0.255. The Morgan fingerprint density at radius 3 is 2.87 bits per heavy atom. The largest absolute Gasteiger partial charge is 0.395 e. The zero-order valence-corrected chi connectivity index (χ0v) is 10.2. The molecule has 0 aromatic heterocycles. The van der Waals surface area contributed by atoms with E-state index in [0.29, 0.717) is 0 Å². The second-order valence-corrected chi connectivity index (χ2v) is 4.66. The fraction of sp³-hybridized carbons (Fsp3) is 0.500. The van der Waals surface area contributed by atoms with Crippen LogP contribution in [0.2, 0.25) is 0 Å². The highest BCUT2D eigenvalue weighted by molar-refractivity contribution is 7.99. The summed E-state index contributed by atoms with van der Waals surface area (Å²) in [6.07, 6.45) is 0. The van der Waals surface area contributed by atoms with E-state index in [1.165, 1.54) is 10.5 Å². The lowest BCUT2D eigenvalue weighted by atomic mass is 10.2. The molecule has 1 aromatic carbocycles. The lowest BCUT2D eigenvalue weighted by Crippen LogP contribution is -2.34. The Hall–Kier alpha value is -0.510. The van der Waals surface area contributed by atoms with E-state index >= 15 is 0 Å². The van der Waals surface area contributed by atoms with E-state index in [2.05, 4.69) is 43.4 Å². The molecule has 2 N–H and O–H groups in total. The molecule has 15 heavy (non-hydrogen) atoms. The van der Waals surface area contributed by atoms with Gasteiger partial charge in [0.05, 0.1) is 6.61 Å². The summed E-state index contributed by atoms with van der Waals surface area (Å²) >= 11 is 1.78. The predicted molar refractivity (Wildman–Crippen MR) is 66.5 cm³/mol. The third kappa shape index (κ3) is 4.69. The summed E-state index contributed by atoms with van der Waals surface area (Å²) in [6.45, 7) is 5.25. The summed E-state index contributed by atoms with van der Waals surface area (Å²) in [7, 11) is 0. The van der Waals surface area contributed by atoms with Crippen molar-refractivity contribution >= 4 is 11.8 Å². The number of aliphatic hydroxyl groups is 1. The SMILES string of the molecule is CCNC(CO)CSc1cccc(C)c1. The second kappa shape index (κ2) is 6.88. The van der Waals surface area contributed by atoms with Gasteiger partial charge in [0.1, 0.15) is 0 Å². The van der Waals surface area contributed by atoms with Crippen molar-refractivity contribution in [2.24, 2.45) is 0 Å². The van der Waals surface area contributed by atoms with Crippen molar-refractivity contribution < 1.29 is 5.11 Å². The Morgan fingerprint density at radius 1 is 1.47 bits per heavy atom. The smallest absolute Gasteiger partial charge is 0.0592 e. The molecule has 2 nitrogen and oxygen atoms in total. The van der Waals surface area contributed by atoms with E-state index in [0.717, 1.165) is 12.3 Å². The van der Waals surface area contributed by atoms with Gasteiger partial charge in [0.15, 0.2) is 0 Å². The molecule has 0 aliphatic heterocycles. The van der Waals surface area contributed by atoms with Crippen LogP contribution in [0.1, 0.15) is 12.5 Å². The highest BCUT2D eigenvalue weighted by Crippen LogP contribution is 2.19. The molecule has 1 rings (SSSR count). The highest BCUT2D eigenvalue weighted by Gasteiger charge is 2.05. The van der Waals surface area contributed by atoms with Gasteiger partial charge in [-0.05, 0) is 25.6 Å². The number of hydrogen-bond acceptors (Lipinski definition) is 3. The number of hydrogen-bond donors (Lipinski definition) is 2. The number of nitrogens with one attached hydrogen (secondary N) is 1. The van der Waals surface area contributed by atoms with Crippen molar-refractivity contribution in [2.45, 2.75) is 24.8 Å². The second-order valence-electron chi connectivity index (χ2n) is 3.56. The first-order chi connectivity index (χ1) is 7.26. The van der Waals surface area contributed by atoms with Gasteiger partial charge in [0.2, 0.25) is 0 Å². The van der Waals surface area contributed by atoms with E-state index in [9.17, 15) is 0 Å². The number of benzene rings is 1. The molecule has 0 amide bonds. The van der Waals surface area contributed by atoms with Crippen molar-refractivity contribution in [1.29, 1.82) is 0 Å². The van der Waals surface area contributed by atoms with Crippen LogP contribution >= 0.6 is 11.8 Å². The highest BCUT2D eigenvalue weighted by atomic mass is 32.2. The monoisotopic (exact) mass is 225 g/mol. The van der Waals surface area contributed by atoms with Gasteiger partial charge in [-0.2, -0.15) is 0 Å². The average Bonchev–Trinajstić information content (AvgIpc) is 2.24. The molecule has 0 spiro atoms.